The van der Waals surface area contributed by atoms with Gasteiger partial charge in [0.2, 0.25) is 11.8 Å². The Hall–Kier alpha value is -4.05. The highest BCUT2D eigenvalue weighted by molar-refractivity contribution is 7.92. The zero-order valence-electron chi connectivity index (χ0n) is 26.6. The summed E-state index contributed by atoms with van der Waals surface area (Å²) < 4.78 is 35.4. The lowest BCUT2D eigenvalue weighted by Crippen LogP contribution is -2.53. The molecule has 2 amide bonds. The summed E-state index contributed by atoms with van der Waals surface area (Å²) in [6, 6.07) is 27.8. The fourth-order valence-corrected chi connectivity index (χ4v) is 6.90. The second kappa shape index (κ2) is 16.7. The molecule has 0 unspecified atom stereocenters. The number of halogens is 2. The molecule has 0 spiro atoms. The maximum atomic E-state index is 14.7. The number of hydrogen-bond donors (Lipinski definition) is 1. The van der Waals surface area contributed by atoms with Gasteiger partial charge in [0, 0.05) is 29.6 Å². The highest BCUT2D eigenvalue weighted by atomic mass is 35.5. The molecule has 4 aromatic rings. The zero-order chi connectivity index (χ0) is 34.0. The molecule has 1 N–H and O–H groups in total. The number of nitrogens with zero attached hydrogens (tertiary/aromatic N) is 2. The van der Waals surface area contributed by atoms with Gasteiger partial charge in [-0.05, 0) is 60.4 Å². The summed E-state index contributed by atoms with van der Waals surface area (Å²) in [4.78, 5) is 30.0. The highest BCUT2D eigenvalue weighted by Crippen LogP contribution is 2.33. The lowest BCUT2D eigenvalue weighted by Gasteiger charge is -2.34. The summed E-state index contributed by atoms with van der Waals surface area (Å²) in [6.07, 6.45) is 0.183. The van der Waals surface area contributed by atoms with Crippen molar-refractivity contribution in [2.75, 3.05) is 24.0 Å². The van der Waals surface area contributed by atoms with Gasteiger partial charge in [0.1, 0.15) is 18.3 Å². The normalized spacial score (nSPS) is 12.0. The van der Waals surface area contributed by atoms with Gasteiger partial charge in [-0.15, -0.1) is 0 Å². The first-order valence-corrected chi connectivity index (χ1v) is 17.6. The Kier molecular flexibility index (Phi) is 12.7. The molecule has 0 aromatic heterocycles. The van der Waals surface area contributed by atoms with E-state index >= 15 is 0 Å². The summed E-state index contributed by atoms with van der Waals surface area (Å²) in [6.45, 7) is 5.73. The minimum Gasteiger partial charge on any atom is -0.492 e. The largest absolute Gasteiger partial charge is 0.492 e. The number of benzene rings is 4. The van der Waals surface area contributed by atoms with Gasteiger partial charge in [-0.2, -0.15) is 0 Å². The van der Waals surface area contributed by atoms with E-state index in [-0.39, 0.29) is 42.0 Å². The van der Waals surface area contributed by atoms with Gasteiger partial charge in [-0.1, -0.05) is 104 Å². The molecule has 47 heavy (non-hydrogen) atoms. The number of sulfonamides is 1. The van der Waals surface area contributed by atoms with E-state index in [0.29, 0.717) is 27.9 Å². The molecule has 8 nitrogen and oxygen atoms in total. The Bertz CT molecular complexity index is 1760. The number of carbonyl (C=O) groups is 2. The molecular formula is C36H39Cl2N3O5S. The molecule has 4 rings (SSSR count). The quantitative estimate of drug-likeness (QED) is 0.145. The average Bonchev–Trinajstić information content (AvgIpc) is 3.06. The minimum atomic E-state index is -4.27. The van der Waals surface area contributed by atoms with E-state index in [1.54, 1.807) is 67.6 Å². The summed E-state index contributed by atoms with van der Waals surface area (Å²) >= 11 is 12.8. The fourth-order valence-electron chi connectivity index (χ4n) is 4.98. The van der Waals surface area contributed by atoms with Gasteiger partial charge < -0.3 is 15.0 Å². The second-order valence-corrected chi connectivity index (χ2v) is 14.0. The smallest absolute Gasteiger partial charge is 0.264 e. The minimum absolute atomic E-state index is 0.00177. The van der Waals surface area contributed by atoms with Gasteiger partial charge in [0.15, 0.2) is 0 Å². The first-order valence-electron chi connectivity index (χ1n) is 15.4. The number of para-hydroxylation sites is 2. The van der Waals surface area contributed by atoms with Crippen LogP contribution >= 0.6 is 23.2 Å². The molecule has 0 bridgehead atoms. The van der Waals surface area contributed by atoms with E-state index < -0.39 is 28.5 Å². The van der Waals surface area contributed by atoms with Gasteiger partial charge in [-0.25, -0.2) is 8.42 Å². The number of anilines is 1. The van der Waals surface area contributed by atoms with Crippen molar-refractivity contribution >= 4 is 50.7 Å². The van der Waals surface area contributed by atoms with Gasteiger partial charge in [0.05, 0.1) is 17.2 Å². The second-order valence-electron chi connectivity index (χ2n) is 11.3. The molecular weight excluding hydrogens is 657 g/mol. The van der Waals surface area contributed by atoms with Crippen LogP contribution in [0.2, 0.25) is 10.0 Å². The van der Waals surface area contributed by atoms with E-state index in [1.807, 2.05) is 44.2 Å². The van der Waals surface area contributed by atoms with Crippen molar-refractivity contribution in [1.29, 1.82) is 0 Å². The third kappa shape index (κ3) is 9.50. The molecule has 0 aliphatic carbocycles. The maximum Gasteiger partial charge on any atom is 0.264 e. The van der Waals surface area contributed by atoms with E-state index in [1.165, 1.54) is 17.0 Å². The third-order valence-corrected chi connectivity index (χ3v) is 9.72. The molecule has 1 atom stereocenters. The lowest BCUT2D eigenvalue weighted by atomic mass is 10.0. The van der Waals surface area contributed by atoms with Crippen LogP contribution in [0.5, 0.6) is 5.75 Å². The number of ether oxygens (including phenoxy) is 1. The molecule has 0 saturated heterocycles. The van der Waals surface area contributed by atoms with Crippen LogP contribution in [0.1, 0.15) is 31.9 Å². The Balaban J connectivity index is 1.85. The predicted molar refractivity (Wildman–Crippen MR) is 187 cm³/mol. The van der Waals surface area contributed by atoms with Crippen molar-refractivity contribution in [2.45, 2.75) is 44.7 Å². The number of amides is 2. The zero-order valence-corrected chi connectivity index (χ0v) is 28.9. The monoisotopic (exact) mass is 695 g/mol. The van der Waals surface area contributed by atoms with Crippen molar-refractivity contribution in [3.8, 4) is 5.75 Å². The Morgan fingerprint density at radius 3 is 2.15 bits per heavy atom. The average molecular weight is 697 g/mol. The standard InChI is InChI=1S/C36H39Cl2N3O5S/c1-4-46-34-18-12-11-17-32(34)41(47(44,45)30-15-9-6-10-16-30)25-35(42)40(24-28-19-20-29(37)22-31(28)38)33(36(43)39-23-26(2)3)21-27-13-7-5-8-14-27/h5-20,22,26,33H,4,21,23-25H2,1-3H3,(H,39,43)/t33-/m0/s1. The Morgan fingerprint density at radius 2 is 1.51 bits per heavy atom. The van der Waals surface area contributed by atoms with Crippen molar-refractivity contribution in [1.82, 2.24) is 10.2 Å². The first kappa shape index (κ1) is 35.8. The summed E-state index contributed by atoms with van der Waals surface area (Å²) in [5, 5.41) is 3.70. The SMILES string of the molecule is CCOc1ccccc1N(CC(=O)N(Cc1ccc(Cl)cc1Cl)[C@@H](Cc1ccccc1)C(=O)NCC(C)C)S(=O)(=O)c1ccccc1. The van der Waals surface area contributed by atoms with Crippen LogP contribution in [-0.2, 0) is 32.6 Å². The van der Waals surface area contributed by atoms with E-state index in [9.17, 15) is 18.0 Å². The van der Waals surface area contributed by atoms with Crippen molar-refractivity contribution in [2.24, 2.45) is 5.92 Å². The molecule has 0 aliphatic heterocycles. The van der Waals surface area contributed by atoms with Crippen LogP contribution in [0.25, 0.3) is 0 Å². The number of nitrogens with one attached hydrogen (secondary N) is 1. The third-order valence-electron chi connectivity index (χ3n) is 7.36. The molecule has 0 aliphatic rings. The van der Waals surface area contributed by atoms with Gasteiger partial charge in [-0.3, -0.25) is 13.9 Å². The number of carbonyl (C=O) groups excluding carboxylic acids is 2. The van der Waals surface area contributed by atoms with Crippen LogP contribution in [0.15, 0.2) is 108 Å². The fraction of sp³-hybridized carbons (Fsp3) is 0.278. The molecule has 248 valence electrons. The molecule has 11 heteroatoms. The highest BCUT2D eigenvalue weighted by Gasteiger charge is 2.35. The van der Waals surface area contributed by atoms with Gasteiger partial charge >= 0.3 is 0 Å². The van der Waals surface area contributed by atoms with E-state index in [2.05, 4.69) is 5.32 Å². The predicted octanol–water partition coefficient (Wildman–Crippen LogP) is 7.00. The molecule has 0 heterocycles. The van der Waals surface area contributed by atoms with E-state index in [0.717, 1.165) is 9.87 Å². The van der Waals surface area contributed by atoms with Crippen LogP contribution in [0.4, 0.5) is 5.69 Å². The van der Waals surface area contributed by atoms with Crippen molar-refractivity contribution < 1.29 is 22.7 Å². The molecule has 0 radical (unpaired) electrons. The topological polar surface area (TPSA) is 96.0 Å². The Labute approximate surface area is 287 Å². The van der Waals surface area contributed by atoms with Crippen LogP contribution in [0, 0.1) is 5.92 Å². The lowest BCUT2D eigenvalue weighted by molar-refractivity contribution is -0.140. The summed E-state index contributed by atoms with van der Waals surface area (Å²) in [7, 11) is -4.27. The van der Waals surface area contributed by atoms with Crippen LogP contribution in [-0.4, -0.2) is 50.9 Å². The molecule has 4 aromatic carbocycles. The number of rotatable bonds is 15. The van der Waals surface area contributed by atoms with Crippen molar-refractivity contribution in [3.63, 3.8) is 0 Å². The van der Waals surface area contributed by atoms with Gasteiger partial charge in [0.25, 0.3) is 10.0 Å². The van der Waals surface area contributed by atoms with Crippen LogP contribution in [0.3, 0.4) is 0 Å². The van der Waals surface area contributed by atoms with E-state index in [4.69, 9.17) is 27.9 Å². The molecule has 0 saturated carbocycles. The summed E-state index contributed by atoms with van der Waals surface area (Å²) in [5.74, 6) is -0.520. The van der Waals surface area contributed by atoms with Crippen molar-refractivity contribution in [3.05, 3.63) is 124 Å². The first-order chi connectivity index (χ1) is 22.5. The maximum absolute atomic E-state index is 14.7. The van der Waals surface area contributed by atoms with Crippen LogP contribution < -0.4 is 14.4 Å². The Morgan fingerprint density at radius 1 is 0.872 bits per heavy atom. The summed E-state index contributed by atoms with van der Waals surface area (Å²) in [5.41, 5.74) is 1.57. The number of hydrogen-bond acceptors (Lipinski definition) is 5. The molecule has 0 fully saturated rings.